The van der Waals surface area contributed by atoms with Gasteiger partial charge in [-0.1, -0.05) is 0 Å². The van der Waals surface area contributed by atoms with Crippen LogP contribution in [0.25, 0.3) is 0 Å². The maximum atomic E-state index is 12.2. The summed E-state index contributed by atoms with van der Waals surface area (Å²) in [6, 6.07) is 0.00110. The van der Waals surface area contributed by atoms with Crippen LogP contribution < -0.4 is 0 Å². The Morgan fingerprint density at radius 3 is 2.33 bits per heavy atom. The normalized spacial score (nSPS) is 15.2. The Hall–Kier alpha value is -2.12. The monoisotopic (exact) mass is 294 g/mol. The van der Waals surface area contributed by atoms with Gasteiger partial charge in [0.2, 0.25) is 5.91 Å². The number of piperazine rings is 1. The average Bonchev–Trinajstić information content (AvgIpc) is 2.89. The maximum absolute atomic E-state index is 12.2. The first kappa shape index (κ1) is 15.3. The zero-order valence-electron chi connectivity index (χ0n) is 12.8. The Morgan fingerprint density at radius 1 is 1.19 bits per heavy atom. The second-order valence-electron chi connectivity index (χ2n) is 5.40. The van der Waals surface area contributed by atoms with Crippen LogP contribution in [0, 0.1) is 0 Å². The molecule has 1 aliphatic rings. The first-order valence-electron chi connectivity index (χ1n) is 7.06. The first-order valence-corrected chi connectivity index (χ1v) is 7.06. The minimum Gasteiger partial charge on any atom is -0.339 e. The predicted molar refractivity (Wildman–Crippen MR) is 76.6 cm³/mol. The average molecular weight is 294 g/mol. The molecule has 0 atom stereocenters. The number of nitrogens with zero attached hydrogens (tertiary/aromatic N) is 6. The van der Waals surface area contributed by atoms with Gasteiger partial charge in [-0.05, 0) is 0 Å². The number of amides is 3. The molecule has 0 saturated carbocycles. The van der Waals surface area contributed by atoms with Crippen LogP contribution in [0.3, 0.4) is 0 Å². The molecule has 0 unspecified atom stereocenters. The molecule has 116 valence electrons. The molecule has 2 rings (SSSR count). The lowest BCUT2D eigenvalue weighted by atomic mass is 10.2. The summed E-state index contributed by atoms with van der Waals surface area (Å²) in [7, 11) is 5.34. The molecule has 1 fully saturated rings. The van der Waals surface area contributed by atoms with Crippen LogP contribution in [-0.4, -0.2) is 81.7 Å². The Bertz CT molecular complexity index is 505. The second kappa shape index (κ2) is 6.55. The SMILES string of the molecule is CN(C)C(=O)N1CCN(C(=O)CCc2nncn2C)CC1. The predicted octanol–water partition coefficient (Wildman–Crippen LogP) is -0.426. The Morgan fingerprint density at radius 2 is 1.81 bits per heavy atom. The fraction of sp³-hybridized carbons (Fsp3) is 0.692. The van der Waals surface area contributed by atoms with Crippen LogP contribution in [0.15, 0.2) is 6.33 Å². The Labute approximate surface area is 124 Å². The van der Waals surface area contributed by atoms with E-state index in [1.807, 2.05) is 16.5 Å². The topological polar surface area (TPSA) is 74.6 Å². The molecule has 1 saturated heterocycles. The molecule has 1 aliphatic heterocycles. The van der Waals surface area contributed by atoms with Crippen molar-refractivity contribution in [3.63, 3.8) is 0 Å². The minimum atomic E-state index is 0.00110. The summed E-state index contributed by atoms with van der Waals surface area (Å²) in [5, 5.41) is 7.77. The number of aryl methyl sites for hydroxylation is 2. The summed E-state index contributed by atoms with van der Waals surface area (Å²) in [6.07, 6.45) is 2.64. The van der Waals surface area contributed by atoms with E-state index in [0.29, 0.717) is 39.0 Å². The van der Waals surface area contributed by atoms with Crippen molar-refractivity contribution in [2.45, 2.75) is 12.8 Å². The highest BCUT2D eigenvalue weighted by Crippen LogP contribution is 2.07. The zero-order chi connectivity index (χ0) is 15.4. The van der Waals surface area contributed by atoms with Crippen LogP contribution in [0.1, 0.15) is 12.2 Å². The van der Waals surface area contributed by atoms with Crippen LogP contribution in [0.5, 0.6) is 0 Å². The third kappa shape index (κ3) is 3.71. The van der Waals surface area contributed by atoms with E-state index in [0.717, 1.165) is 5.82 Å². The summed E-state index contributed by atoms with van der Waals surface area (Å²) in [5.74, 6) is 0.916. The van der Waals surface area contributed by atoms with Gasteiger partial charge < -0.3 is 19.3 Å². The lowest BCUT2D eigenvalue weighted by molar-refractivity contribution is -0.132. The zero-order valence-corrected chi connectivity index (χ0v) is 12.8. The van der Waals surface area contributed by atoms with E-state index in [4.69, 9.17) is 0 Å². The number of aromatic nitrogens is 3. The van der Waals surface area contributed by atoms with Gasteiger partial charge in [0.15, 0.2) is 0 Å². The van der Waals surface area contributed by atoms with Crippen molar-refractivity contribution < 1.29 is 9.59 Å². The molecular weight excluding hydrogens is 272 g/mol. The molecule has 0 aromatic carbocycles. The molecule has 1 aromatic rings. The third-order valence-electron chi connectivity index (χ3n) is 3.65. The molecule has 8 heteroatoms. The highest BCUT2D eigenvalue weighted by Gasteiger charge is 2.24. The maximum Gasteiger partial charge on any atom is 0.319 e. The molecule has 0 spiro atoms. The van der Waals surface area contributed by atoms with Crippen molar-refractivity contribution in [2.24, 2.45) is 7.05 Å². The molecule has 8 nitrogen and oxygen atoms in total. The molecule has 0 radical (unpaired) electrons. The van der Waals surface area contributed by atoms with Gasteiger partial charge in [0.1, 0.15) is 12.2 Å². The van der Waals surface area contributed by atoms with Crippen LogP contribution >= 0.6 is 0 Å². The minimum absolute atomic E-state index is 0.00110. The quantitative estimate of drug-likeness (QED) is 0.758. The third-order valence-corrected chi connectivity index (χ3v) is 3.65. The molecule has 0 N–H and O–H groups in total. The summed E-state index contributed by atoms with van der Waals surface area (Å²) >= 11 is 0. The summed E-state index contributed by atoms with van der Waals surface area (Å²) in [6.45, 7) is 2.37. The number of rotatable bonds is 3. The largest absolute Gasteiger partial charge is 0.339 e. The highest BCUT2D eigenvalue weighted by molar-refractivity contribution is 5.77. The van der Waals surface area contributed by atoms with E-state index in [1.165, 1.54) is 0 Å². The number of carbonyl (C=O) groups is 2. The van der Waals surface area contributed by atoms with Crippen LogP contribution in [0.2, 0.25) is 0 Å². The van der Waals surface area contributed by atoms with Gasteiger partial charge in [-0.15, -0.1) is 10.2 Å². The summed E-state index contributed by atoms with van der Waals surface area (Å²) < 4.78 is 1.82. The van der Waals surface area contributed by atoms with Crippen molar-refractivity contribution in [1.82, 2.24) is 29.5 Å². The fourth-order valence-corrected chi connectivity index (χ4v) is 2.34. The van der Waals surface area contributed by atoms with E-state index in [2.05, 4.69) is 10.2 Å². The molecular formula is C13H22N6O2. The van der Waals surface area contributed by atoms with E-state index < -0.39 is 0 Å². The van der Waals surface area contributed by atoms with Crippen molar-refractivity contribution >= 4 is 11.9 Å². The lowest BCUT2D eigenvalue weighted by Gasteiger charge is -2.36. The Kier molecular flexibility index (Phi) is 4.77. The lowest BCUT2D eigenvalue weighted by Crippen LogP contribution is -2.52. The number of hydrogen-bond donors (Lipinski definition) is 0. The van der Waals surface area contributed by atoms with Crippen molar-refractivity contribution in [2.75, 3.05) is 40.3 Å². The molecule has 3 amide bonds. The standard InChI is InChI=1S/C13H22N6O2/c1-16(2)13(21)19-8-6-18(7-9-19)12(20)5-4-11-15-14-10-17(11)3/h10H,4-9H2,1-3H3. The van der Waals surface area contributed by atoms with E-state index in [9.17, 15) is 9.59 Å². The van der Waals surface area contributed by atoms with E-state index in [-0.39, 0.29) is 11.9 Å². The molecule has 0 aliphatic carbocycles. The molecule has 0 bridgehead atoms. The smallest absolute Gasteiger partial charge is 0.319 e. The van der Waals surface area contributed by atoms with Gasteiger partial charge >= 0.3 is 6.03 Å². The van der Waals surface area contributed by atoms with Gasteiger partial charge in [0, 0.05) is 60.2 Å². The number of carbonyl (C=O) groups excluding carboxylic acids is 2. The van der Waals surface area contributed by atoms with Gasteiger partial charge in [-0.3, -0.25) is 4.79 Å². The number of urea groups is 1. The van der Waals surface area contributed by atoms with Crippen molar-refractivity contribution in [1.29, 1.82) is 0 Å². The first-order chi connectivity index (χ1) is 9.99. The molecule has 2 heterocycles. The van der Waals surface area contributed by atoms with Crippen LogP contribution in [0.4, 0.5) is 4.79 Å². The highest BCUT2D eigenvalue weighted by atomic mass is 16.2. The molecule has 21 heavy (non-hydrogen) atoms. The summed E-state index contributed by atoms with van der Waals surface area (Å²) in [5.41, 5.74) is 0. The van der Waals surface area contributed by atoms with Gasteiger partial charge in [-0.25, -0.2) is 4.79 Å². The van der Waals surface area contributed by atoms with Gasteiger partial charge in [-0.2, -0.15) is 0 Å². The van der Waals surface area contributed by atoms with E-state index >= 15 is 0 Å². The van der Waals surface area contributed by atoms with Crippen molar-refractivity contribution in [3.05, 3.63) is 12.2 Å². The summed E-state index contributed by atoms with van der Waals surface area (Å²) in [4.78, 5) is 29.1. The second-order valence-corrected chi connectivity index (χ2v) is 5.40. The fourth-order valence-electron chi connectivity index (χ4n) is 2.34. The van der Waals surface area contributed by atoms with Gasteiger partial charge in [0.05, 0.1) is 0 Å². The number of hydrogen-bond acceptors (Lipinski definition) is 4. The van der Waals surface area contributed by atoms with Crippen LogP contribution in [-0.2, 0) is 18.3 Å². The van der Waals surface area contributed by atoms with Crippen molar-refractivity contribution in [3.8, 4) is 0 Å². The van der Waals surface area contributed by atoms with E-state index in [1.54, 1.807) is 30.2 Å². The Balaban J connectivity index is 1.78. The molecule has 1 aromatic heterocycles. The van der Waals surface area contributed by atoms with Gasteiger partial charge in [0.25, 0.3) is 0 Å².